The Labute approximate surface area is 222 Å². The molecule has 2 aromatic rings. The molecule has 4 heterocycles. The molecule has 0 radical (unpaired) electrons. The molecule has 1 aromatic carbocycles. The van der Waals surface area contributed by atoms with Gasteiger partial charge in [0.2, 0.25) is 10.0 Å². The average molecular weight is 562 g/mol. The minimum atomic E-state index is -4.50. The molecule has 5 rings (SSSR count). The smallest absolute Gasteiger partial charge is 0.417 e. The lowest BCUT2D eigenvalue weighted by molar-refractivity contribution is -0.137. The van der Waals surface area contributed by atoms with Crippen LogP contribution in [0.25, 0.3) is 22.5 Å². The van der Waals surface area contributed by atoms with Gasteiger partial charge in [0, 0.05) is 36.6 Å². The van der Waals surface area contributed by atoms with Gasteiger partial charge in [-0.2, -0.15) is 22.2 Å². The summed E-state index contributed by atoms with van der Waals surface area (Å²) >= 11 is 0. The Kier molecular flexibility index (Phi) is 6.77. The van der Waals surface area contributed by atoms with Gasteiger partial charge in [-0.25, -0.2) is 18.4 Å². The van der Waals surface area contributed by atoms with Crippen molar-refractivity contribution in [1.29, 1.82) is 0 Å². The van der Waals surface area contributed by atoms with Gasteiger partial charge in [0.15, 0.2) is 5.82 Å². The van der Waals surface area contributed by atoms with Crippen molar-refractivity contribution in [2.24, 2.45) is 0 Å². The first-order valence-corrected chi connectivity index (χ1v) is 13.6. The summed E-state index contributed by atoms with van der Waals surface area (Å²) in [7, 11) is -3.93. The molecule has 0 spiro atoms. The molecular formula is C26H26F3N5O4S. The van der Waals surface area contributed by atoms with Gasteiger partial charge in [0.25, 0.3) is 0 Å². The number of aliphatic hydroxyl groups excluding tert-OH is 1. The third-order valence-corrected chi connectivity index (χ3v) is 8.97. The van der Waals surface area contributed by atoms with Crippen molar-refractivity contribution in [3.63, 3.8) is 0 Å². The van der Waals surface area contributed by atoms with Crippen LogP contribution in [0, 0.1) is 13.8 Å². The lowest BCUT2D eigenvalue weighted by Crippen LogP contribution is -2.51. The number of aliphatic hydroxyl groups is 1. The van der Waals surface area contributed by atoms with E-state index in [1.807, 2.05) is 6.92 Å². The summed E-state index contributed by atoms with van der Waals surface area (Å²) in [5, 5.41) is 24.1. The Morgan fingerprint density at radius 3 is 2.38 bits per heavy atom. The highest BCUT2D eigenvalue weighted by Crippen LogP contribution is 2.36. The summed E-state index contributed by atoms with van der Waals surface area (Å²) < 4.78 is 67.1. The van der Waals surface area contributed by atoms with Crippen LogP contribution in [-0.4, -0.2) is 63.0 Å². The van der Waals surface area contributed by atoms with E-state index < -0.39 is 33.9 Å². The van der Waals surface area contributed by atoms with Crippen LogP contribution in [-0.2, 0) is 16.2 Å². The first-order chi connectivity index (χ1) is 18.4. The van der Waals surface area contributed by atoms with Gasteiger partial charge in [0.1, 0.15) is 5.82 Å². The van der Waals surface area contributed by atoms with Crippen LogP contribution in [0.5, 0.6) is 0 Å². The molecule has 0 aliphatic carbocycles. The average Bonchev–Trinajstić information content (AvgIpc) is 3.39. The van der Waals surface area contributed by atoms with E-state index in [2.05, 4.69) is 15.3 Å². The van der Waals surface area contributed by atoms with Gasteiger partial charge in [-0.15, -0.1) is 0 Å². The number of alkyl halides is 3. The summed E-state index contributed by atoms with van der Waals surface area (Å²) in [4.78, 5) is 7.99. The van der Waals surface area contributed by atoms with Crippen molar-refractivity contribution in [2.45, 2.75) is 43.5 Å². The minimum Gasteiger partial charge on any atom is -0.427 e. The SMILES string of the molecule is Cc1c2ccnc-2n(O)c(C)c1-c1ccc(S(=O)(=O)N2CC[C@@H](Nc3ccc(C(F)(F)F)cn3)[C@@H](O)C2)cc1. The Morgan fingerprint density at radius 1 is 1.05 bits per heavy atom. The number of fused-ring (bicyclic) bond motifs is 1. The highest BCUT2D eigenvalue weighted by Gasteiger charge is 2.35. The number of rotatable bonds is 5. The fourth-order valence-corrected chi connectivity index (χ4v) is 6.43. The normalized spacial score (nSPS) is 18.9. The number of anilines is 1. The molecule has 206 valence electrons. The number of aromatic nitrogens is 3. The zero-order valence-corrected chi connectivity index (χ0v) is 21.8. The van der Waals surface area contributed by atoms with E-state index in [1.165, 1.54) is 22.5 Å². The number of benzene rings is 1. The van der Waals surface area contributed by atoms with E-state index in [0.29, 0.717) is 17.7 Å². The zero-order valence-electron chi connectivity index (χ0n) is 21.0. The Balaban J connectivity index is 1.31. The Hall–Kier alpha value is -3.68. The second-order valence-electron chi connectivity index (χ2n) is 9.50. The summed E-state index contributed by atoms with van der Waals surface area (Å²) in [6.45, 7) is 3.58. The summed E-state index contributed by atoms with van der Waals surface area (Å²) in [6, 6.07) is 9.60. The molecule has 0 unspecified atom stereocenters. The molecule has 13 heteroatoms. The molecule has 1 saturated heterocycles. The fraction of sp³-hybridized carbons (Fsp3) is 0.308. The predicted octanol–water partition coefficient (Wildman–Crippen LogP) is 4.16. The van der Waals surface area contributed by atoms with Crippen LogP contribution in [0.2, 0.25) is 0 Å². The van der Waals surface area contributed by atoms with Gasteiger partial charge in [-0.3, -0.25) is 0 Å². The van der Waals surface area contributed by atoms with E-state index >= 15 is 0 Å². The fourth-order valence-electron chi connectivity index (χ4n) is 4.95. The molecule has 3 N–H and O–H groups in total. The van der Waals surface area contributed by atoms with Crippen molar-refractivity contribution < 1.29 is 31.9 Å². The molecule has 0 amide bonds. The van der Waals surface area contributed by atoms with Crippen LogP contribution in [0.4, 0.5) is 19.0 Å². The Bertz CT molecular complexity index is 1570. The minimum absolute atomic E-state index is 0.0532. The first kappa shape index (κ1) is 26.9. The molecule has 3 aliphatic rings. The maximum Gasteiger partial charge on any atom is 0.417 e. The van der Waals surface area contributed by atoms with Crippen LogP contribution >= 0.6 is 0 Å². The molecule has 3 aliphatic heterocycles. The largest absolute Gasteiger partial charge is 0.427 e. The number of β-amino-alcohol motifs (C(OH)–C–C–N with tert-alkyl or cyclic N) is 1. The number of nitrogens with zero attached hydrogens (tertiary/aromatic N) is 4. The molecule has 39 heavy (non-hydrogen) atoms. The van der Waals surface area contributed by atoms with Crippen molar-refractivity contribution in [3.8, 4) is 22.5 Å². The van der Waals surface area contributed by atoms with Crippen molar-refractivity contribution >= 4 is 15.8 Å². The van der Waals surface area contributed by atoms with Gasteiger partial charge in [0.05, 0.1) is 28.3 Å². The third-order valence-electron chi connectivity index (χ3n) is 7.09. The summed E-state index contributed by atoms with van der Waals surface area (Å²) in [5.74, 6) is 0.600. The van der Waals surface area contributed by atoms with Crippen molar-refractivity contribution in [2.75, 3.05) is 18.4 Å². The maximum atomic E-state index is 13.3. The van der Waals surface area contributed by atoms with Gasteiger partial charge < -0.3 is 15.6 Å². The highest BCUT2D eigenvalue weighted by atomic mass is 32.2. The molecule has 2 atom stereocenters. The quantitative estimate of drug-likeness (QED) is 0.313. The number of halogens is 3. The number of pyridine rings is 2. The van der Waals surface area contributed by atoms with Gasteiger partial charge in [-0.05, 0) is 61.7 Å². The van der Waals surface area contributed by atoms with Crippen molar-refractivity contribution in [1.82, 2.24) is 19.0 Å². The molecule has 1 fully saturated rings. The van der Waals surface area contributed by atoms with Crippen LogP contribution in [0.1, 0.15) is 23.2 Å². The van der Waals surface area contributed by atoms with E-state index in [1.54, 1.807) is 31.3 Å². The number of hydrogen-bond acceptors (Lipinski definition) is 7. The number of piperidine rings is 1. The van der Waals surface area contributed by atoms with Crippen molar-refractivity contribution in [3.05, 3.63) is 71.7 Å². The van der Waals surface area contributed by atoms with Gasteiger partial charge in [-0.1, -0.05) is 12.1 Å². The van der Waals surface area contributed by atoms with Crippen LogP contribution < -0.4 is 5.32 Å². The molecule has 9 nitrogen and oxygen atoms in total. The lowest BCUT2D eigenvalue weighted by Gasteiger charge is -2.35. The third kappa shape index (κ3) is 4.92. The standard InChI is InChI=1S/C26H26F3N5O4S/c1-15-20-9-11-30-25(20)34(36)16(2)24(15)17-3-6-19(7-4-17)39(37,38)33-12-10-21(22(35)14-33)32-23-8-5-18(13-31-23)26(27,28)29/h3-9,11,13,21-22,35-36H,10,12,14H2,1-2H3,(H,31,32)/t21-,22+/m1/s1. The summed E-state index contributed by atoms with van der Waals surface area (Å²) in [5.41, 5.74) is 2.86. The zero-order chi connectivity index (χ0) is 28.1. The highest BCUT2D eigenvalue weighted by molar-refractivity contribution is 7.89. The molecular weight excluding hydrogens is 535 g/mol. The predicted molar refractivity (Wildman–Crippen MR) is 137 cm³/mol. The molecule has 0 saturated carbocycles. The second kappa shape index (κ2) is 9.81. The monoisotopic (exact) mass is 561 g/mol. The maximum absolute atomic E-state index is 13.3. The van der Waals surface area contributed by atoms with Gasteiger partial charge >= 0.3 is 6.18 Å². The van der Waals surface area contributed by atoms with E-state index in [-0.39, 0.29) is 30.2 Å². The first-order valence-electron chi connectivity index (χ1n) is 12.1. The Morgan fingerprint density at radius 2 is 1.77 bits per heavy atom. The van der Waals surface area contributed by atoms with Crippen LogP contribution in [0.15, 0.2) is 59.8 Å². The lowest BCUT2D eigenvalue weighted by atomic mass is 9.95. The number of sulfonamides is 1. The summed E-state index contributed by atoms with van der Waals surface area (Å²) in [6.07, 6.45) is -3.07. The molecule has 1 aromatic heterocycles. The number of nitrogens with one attached hydrogen (secondary N) is 1. The van der Waals surface area contributed by atoms with E-state index in [0.717, 1.165) is 33.1 Å². The van der Waals surface area contributed by atoms with E-state index in [4.69, 9.17) is 0 Å². The topological polar surface area (TPSA) is 121 Å². The second-order valence-corrected chi connectivity index (χ2v) is 11.4. The number of hydrogen-bond donors (Lipinski definition) is 3. The van der Waals surface area contributed by atoms with E-state index in [9.17, 15) is 31.9 Å². The molecule has 0 bridgehead atoms. The van der Waals surface area contributed by atoms with Crippen LogP contribution in [0.3, 0.4) is 0 Å².